The fourth-order valence-corrected chi connectivity index (χ4v) is 3.35. The van der Waals surface area contributed by atoms with Crippen LogP contribution >= 0.6 is 27.5 Å². The molecule has 0 aliphatic carbocycles. The highest BCUT2D eigenvalue weighted by Crippen LogP contribution is 2.37. The standard InChI is InChI=1S/C20H25BrClNO3/c1-25-19-12-15(13-23-9-5-2-6-10-24)11-17(21)20(19)26-14-16-7-3-4-8-18(16)22/h3-4,7-8,11-12,23-24H,2,5-6,9-10,13-14H2,1H3. The number of methoxy groups -OCH3 is 1. The third kappa shape index (κ3) is 6.47. The van der Waals surface area contributed by atoms with Crippen molar-refractivity contribution >= 4 is 27.5 Å². The Bertz CT molecular complexity index is 697. The molecule has 0 heterocycles. The Labute approximate surface area is 168 Å². The Morgan fingerprint density at radius 3 is 2.69 bits per heavy atom. The van der Waals surface area contributed by atoms with Crippen molar-refractivity contribution in [1.29, 1.82) is 0 Å². The van der Waals surface area contributed by atoms with E-state index in [0.29, 0.717) is 23.1 Å². The van der Waals surface area contributed by atoms with Gasteiger partial charge in [0.25, 0.3) is 0 Å². The molecule has 0 bridgehead atoms. The van der Waals surface area contributed by atoms with Gasteiger partial charge in [-0.2, -0.15) is 0 Å². The summed E-state index contributed by atoms with van der Waals surface area (Å²) in [5, 5.41) is 12.9. The second-order valence-corrected chi connectivity index (χ2v) is 7.21. The lowest BCUT2D eigenvalue weighted by atomic mass is 10.2. The van der Waals surface area contributed by atoms with Gasteiger partial charge in [-0.1, -0.05) is 29.8 Å². The molecule has 2 N–H and O–H groups in total. The fraction of sp³-hybridized carbons (Fsp3) is 0.400. The molecule has 6 heteroatoms. The topological polar surface area (TPSA) is 50.7 Å². The van der Waals surface area contributed by atoms with Crippen LogP contribution in [0.5, 0.6) is 11.5 Å². The van der Waals surface area contributed by atoms with E-state index in [4.69, 9.17) is 26.2 Å². The number of rotatable bonds is 11. The summed E-state index contributed by atoms with van der Waals surface area (Å²) in [4.78, 5) is 0. The van der Waals surface area contributed by atoms with Crippen LogP contribution in [-0.4, -0.2) is 25.4 Å². The first-order valence-corrected chi connectivity index (χ1v) is 9.87. The van der Waals surface area contributed by atoms with Crippen molar-refractivity contribution < 1.29 is 14.6 Å². The lowest BCUT2D eigenvalue weighted by molar-refractivity contribution is 0.282. The van der Waals surface area contributed by atoms with E-state index in [2.05, 4.69) is 21.2 Å². The zero-order valence-electron chi connectivity index (χ0n) is 14.9. The molecule has 0 aromatic heterocycles. The van der Waals surface area contributed by atoms with Gasteiger partial charge in [0.2, 0.25) is 0 Å². The van der Waals surface area contributed by atoms with E-state index in [1.165, 1.54) is 0 Å². The third-order valence-corrected chi connectivity index (χ3v) is 4.92. The van der Waals surface area contributed by atoms with Crippen molar-refractivity contribution in [2.45, 2.75) is 32.4 Å². The van der Waals surface area contributed by atoms with Gasteiger partial charge in [-0.3, -0.25) is 0 Å². The van der Waals surface area contributed by atoms with Crippen LogP contribution in [0.3, 0.4) is 0 Å². The molecule has 2 aromatic rings. The highest BCUT2D eigenvalue weighted by Gasteiger charge is 2.12. The Balaban J connectivity index is 1.96. The first kappa shape index (κ1) is 21.0. The predicted molar refractivity (Wildman–Crippen MR) is 109 cm³/mol. The number of benzene rings is 2. The molecule has 0 saturated carbocycles. The number of nitrogens with one attached hydrogen (secondary N) is 1. The van der Waals surface area contributed by atoms with Crippen molar-refractivity contribution in [2.24, 2.45) is 0 Å². The van der Waals surface area contributed by atoms with Crippen LogP contribution in [0.25, 0.3) is 0 Å². The molecule has 0 saturated heterocycles. The van der Waals surface area contributed by atoms with Crippen molar-refractivity contribution in [1.82, 2.24) is 5.32 Å². The Morgan fingerprint density at radius 1 is 1.15 bits per heavy atom. The summed E-state index contributed by atoms with van der Waals surface area (Å²) in [6.07, 6.45) is 2.95. The average Bonchev–Trinajstić information content (AvgIpc) is 2.64. The molecular formula is C20H25BrClNO3. The molecule has 2 rings (SSSR count). The van der Waals surface area contributed by atoms with Gasteiger partial charge >= 0.3 is 0 Å². The maximum atomic E-state index is 8.79. The van der Waals surface area contributed by atoms with Crippen LogP contribution in [0, 0.1) is 0 Å². The minimum absolute atomic E-state index is 0.264. The highest BCUT2D eigenvalue weighted by molar-refractivity contribution is 9.10. The van der Waals surface area contributed by atoms with Crippen molar-refractivity contribution in [3.8, 4) is 11.5 Å². The number of ether oxygens (including phenoxy) is 2. The highest BCUT2D eigenvalue weighted by atomic mass is 79.9. The summed E-state index contributed by atoms with van der Waals surface area (Å²) in [7, 11) is 1.64. The van der Waals surface area contributed by atoms with E-state index >= 15 is 0 Å². The van der Waals surface area contributed by atoms with Gasteiger partial charge in [-0.15, -0.1) is 0 Å². The molecule has 0 unspecified atom stereocenters. The summed E-state index contributed by atoms with van der Waals surface area (Å²) >= 11 is 9.77. The second kappa shape index (κ2) is 11.4. The minimum Gasteiger partial charge on any atom is -0.493 e. The maximum Gasteiger partial charge on any atom is 0.175 e. The van der Waals surface area contributed by atoms with Gasteiger partial charge in [0.15, 0.2) is 11.5 Å². The van der Waals surface area contributed by atoms with Crippen molar-refractivity contribution in [3.05, 3.63) is 57.0 Å². The molecule has 0 radical (unpaired) electrons. The number of unbranched alkanes of at least 4 members (excludes halogenated alkanes) is 2. The van der Waals surface area contributed by atoms with Gasteiger partial charge in [0, 0.05) is 23.7 Å². The van der Waals surface area contributed by atoms with E-state index in [1.54, 1.807) is 7.11 Å². The molecule has 26 heavy (non-hydrogen) atoms. The molecule has 2 aromatic carbocycles. The smallest absolute Gasteiger partial charge is 0.175 e. The molecule has 4 nitrogen and oxygen atoms in total. The Kier molecular flexibility index (Phi) is 9.26. The lowest BCUT2D eigenvalue weighted by Gasteiger charge is -2.15. The minimum atomic E-state index is 0.264. The monoisotopic (exact) mass is 441 g/mol. The van der Waals surface area contributed by atoms with Gasteiger partial charge in [0.05, 0.1) is 11.6 Å². The molecule has 0 aliphatic heterocycles. The van der Waals surface area contributed by atoms with Crippen LogP contribution in [-0.2, 0) is 13.2 Å². The first-order chi connectivity index (χ1) is 12.7. The summed E-state index contributed by atoms with van der Waals surface area (Å²) < 4.78 is 12.3. The summed E-state index contributed by atoms with van der Waals surface area (Å²) in [5.41, 5.74) is 2.04. The van der Waals surface area contributed by atoms with E-state index in [0.717, 1.165) is 48.0 Å². The Morgan fingerprint density at radius 2 is 1.96 bits per heavy atom. The molecule has 142 valence electrons. The summed E-state index contributed by atoms with van der Waals surface area (Å²) in [5.74, 6) is 1.35. The quantitative estimate of drug-likeness (QED) is 0.484. The van der Waals surface area contributed by atoms with Crippen LogP contribution in [0.4, 0.5) is 0 Å². The SMILES string of the molecule is COc1cc(CNCCCCCO)cc(Br)c1OCc1ccccc1Cl. The molecule has 0 atom stereocenters. The fourth-order valence-electron chi connectivity index (χ4n) is 2.55. The third-order valence-electron chi connectivity index (χ3n) is 3.96. The van der Waals surface area contributed by atoms with E-state index in [1.807, 2.05) is 36.4 Å². The normalized spacial score (nSPS) is 10.8. The van der Waals surface area contributed by atoms with Crippen molar-refractivity contribution in [3.63, 3.8) is 0 Å². The van der Waals surface area contributed by atoms with E-state index in [-0.39, 0.29) is 6.61 Å². The second-order valence-electron chi connectivity index (χ2n) is 5.95. The van der Waals surface area contributed by atoms with Gasteiger partial charge in [-0.25, -0.2) is 0 Å². The average molecular weight is 443 g/mol. The van der Waals surface area contributed by atoms with E-state index in [9.17, 15) is 0 Å². The molecule has 0 aliphatic rings. The Hall–Kier alpha value is -1.27. The number of aliphatic hydroxyl groups is 1. The van der Waals surface area contributed by atoms with Crippen LogP contribution in [0.2, 0.25) is 5.02 Å². The lowest BCUT2D eigenvalue weighted by Crippen LogP contribution is -2.15. The van der Waals surface area contributed by atoms with Crippen molar-refractivity contribution in [2.75, 3.05) is 20.3 Å². The molecule has 0 fully saturated rings. The number of halogens is 2. The summed E-state index contributed by atoms with van der Waals surface area (Å²) in [6, 6.07) is 11.6. The summed E-state index contributed by atoms with van der Waals surface area (Å²) in [6.45, 7) is 2.31. The molecule has 0 amide bonds. The van der Waals surface area contributed by atoms with Gasteiger partial charge in [0.1, 0.15) is 6.61 Å². The first-order valence-electron chi connectivity index (χ1n) is 8.70. The molecule has 0 spiro atoms. The zero-order valence-corrected chi connectivity index (χ0v) is 17.3. The van der Waals surface area contributed by atoms with Gasteiger partial charge in [-0.05, 0) is 65.5 Å². The number of hydrogen-bond donors (Lipinski definition) is 2. The molecular weight excluding hydrogens is 418 g/mol. The number of aliphatic hydroxyl groups excluding tert-OH is 1. The largest absolute Gasteiger partial charge is 0.493 e. The maximum absolute atomic E-state index is 8.79. The van der Waals surface area contributed by atoms with Crippen LogP contribution < -0.4 is 14.8 Å². The number of hydrogen-bond acceptors (Lipinski definition) is 4. The zero-order chi connectivity index (χ0) is 18.8. The van der Waals surface area contributed by atoms with Crippen LogP contribution in [0.1, 0.15) is 30.4 Å². The van der Waals surface area contributed by atoms with E-state index < -0.39 is 0 Å². The van der Waals surface area contributed by atoms with Gasteiger partial charge < -0.3 is 19.9 Å². The van der Waals surface area contributed by atoms with Crippen LogP contribution in [0.15, 0.2) is 40.9 Å². The predicted octanol–water partition coefficient (Wildman–Crippen LogP) is 4.94.